The minimum atomic E-state index is -1.57. The van der Waals surface area contributed by atoms with Gasteiger partial charge in [0, 0.05) is 12.8 Å². The quantitative estimate of drug-likeness (QED) is 0.0195. The first kappa shape index (κ1) is 65.9. The fourth-order valence-electron chi connectivity index (χ4n) is 9.05. The largest absolute Gasteiger partial charge is 0.466 e. The molecule has 1 fully saturated rings. The molecule has 0 aromatic carbocycles. The van der Waals surface area contributed by atoms with Gasteiger partial charge in [0.1, 0.15) is 24.4 Å². The summed E-state index contributed by atoms with van der Waals surface area (Å²) in [4.78, 5) is 25.1. The van der Waals surface area contributed by atoms with Crippen molar-refractivity contribution in [2.75, 3.05) is 19.8 Å². The van der Waals surface area contributed by atoms with Crippen LogP contribution in [0.3, 0.4) is 0 Å². The molecule has 1 saturated heterocycles. The van der Waals surface area contributed by atoms with Crippen molar-refractivity contribution < 1.29 is 49.3 Å². The van der Waals surface area contributed by atoms with Gasteiger partial charge in [0.25, 0.3) is 0 Å². The lowest BCUT2D eigenvalue weighted by molar-refractivity contribution is -0.302. The molecule has 0 radical (unpaired) electrons. The highest BCUT2D eigenvalue weighted by atomic mass is 16.7. The summed E-state index contributed by atoms with van der Waals surface area (Å²) in [6.45, 7) is 4.27. The molecule has 7 unspecified atom stereocenters. The molecule has 1 aliphatic rings. The molecule has 6 N–H and O–H groups in total. The maximum absolute atomic E-state index is 13.0. The molecule has 0 spiro atoms. The second kappa shape index (κ2) is 49.1. The summed E-state index contributed by atoms with van der Waals surface area (Å²) in [7, 11) is 0. The number of allylic oxidation sites excluding steroid dienone is 5. The van der Waals surface area contributed by atoms with Crippen LogP contribution in [0.4, 0.5) is 0 Å². The van der Waals surface area contributed by atoms with Crippen molar-refractivity contribution in [3.63, 3.8) is 0 Å². The third kappa shape index (κ3) is 38.5. The minimum Gasteiger partial charge on any atom is -0.466 e. The Bertz CT molecular complexity index is 1260. The number of amides is 1. The molecule has 1 aliphatic heterocycles. The summed E-state index contributed by atoms with van der Waals surface area (Å²) in [5, 5.41) is 54.2. The van der Waals surface area contributed by atoms with Crippen LogP contribution in [0.15, 0.2) is 36.5 Å². The number of esters is 1. The lowest BCUT2D eigenvalue weighted by atomic mass is 9.99. The molecule has 7 atom stereocenters. The number of rotatable bonds is 50. The Kier molecular flexibility index (Phi) is 46.2. The van der Waals surface area contributed by atoms with E-state index in [2.05, 4.69) is 43.5 Å². The number of ether oxygens (including phenoxy) is 3. The van der Waals surface area contributed by atoms with Gasteiger partial charge in [0.15, 0.2) is 6.29 Å². The molecule has 0 aromatic rings. The second-order valence-electron chi connectivity index (χ2n) is 20.3. The van der Waals surface area contributed by atoms with Gasteiger partial charge < -0.3 is 45.1 Å². The second-order valence-corrected chi connectivity index (χ2v) is 20.3. The van der Waals surface area contributed by atoms with Gasteiger partial charge in [0.05, 0.1) is 32.0 Å². The topological polar surface area (TPSA) is 175 Å². The van der Waals surface area contributed by atoms with Gasteiger partial charge in [-0.1, -0.05) is 224 Å². The molecule has 11 nitrogen and oxygen atoms in total. The standard InChI is InChI=1S/C59H109NO10/c1-3-5-7-9-11-13-14-15-16-21-24-27-31-35-39-43-47-55(64)68-48-44-40-36-32-28-25-22-19-17-18-20-23-26-30-34-38-42-46-54(63)60-51(52(62)45-41-37-33-29-12-10-8-6-4-2)50-69-59-58(67)57(66)56(65)53(49-61)70-59/h13-14,16,21,41,45,51-53,56-59,61-62,65-67H,3-12,15,17-20,22-40,42-44,46-50H2,1-2H3,(H,60,63)/b14-13-,21-16-,45-41+. The number of aliphatic hydroxyl groups excluding tert-OH is 5. The smallest absolute Gasteiger partial charge is 0.305 e. The van der Waals surface area contributed by atoms with E-state index in [9.17, 15) is 35.1 Å². The molecule has 1 heterocycles. The van der Waals surface area contributed by atoms with Crippen LogP contribution in [0.5, 0.6) is 0 Å². The van der Waals surface area contributed by atoms with Crippen LogP contribution in [0.2, 0.25) is 0 Å². The van der Waals surface area contributed by atoms with E-state index in [4.69, 9.17) is 14.2 Å². The molecular formula is C59H109NO10. The van der Waals surface area contributed by atoms with Gasteiger partial charge in [-0.05, 0) is 64.2 Å². The van der Waals surface area contributed by atoms with E-state index >= 15 is 0 Å². The highest BCUT2D eigenvalue weighted by molar-refractivity contribution is 5.76. The zero-order chi connectivity index (χ0) is 51.0. The Balaban J connectivity index is 2.03. The first-order valence-electron chi connectivity index (χ1n) is 29.3. The predicted molar refractivity (Wildman–Crippen MR) is 287 cm³/mol. The number of carbonyl (C=O) groups excluding carboxylic acids is 2. The van der Waals surface area contributed by atoms with Gasteiger partial charge in [-0.2, -0.15) is 0 Å². The van der Waals surface area contributed by atoms with Crippen LogP contribution in [-0.2, 0) is 23.8 Å². The molecule has 1 rings (SSSR count). The normalized spacial score (nSPS) is 19.4. The Morgan fingerprint density at radius 2 is 0.957 bits per heavy atom. The van der Waals surface area contributed by atoms with Gasteiger partial charge in [0.2, 0.25) is 5.91 Å². The molecule has 0 bridgehead atoms. The molecular weight excluding hydrogens is 883 g/mol. The lowest BCUT2D eigenvalue weighted by Crippen LogP contribution is -2.60. The minimum absolute atomic E-state index is 0.0253. The van der Waals surface area contributed by atoms with Crippen molar-refractivity contribution in [1.82, 2.24) is 5.32 Å². The van der Waals surface area contributed by atoms with Crippen LogP contribution >= 0.6 is 0 Å². The summed E-state index contributed by atoms with van der Waals surface area (Å²) in [5.41, 5.74) is 0. The van der Waals surface area contributed by atoms with Crippen molar-refractivity contribution in [3.8, 4) is 0 Å². The summed E-state index contributed by atoms with van der Waals surface area (Å²) >= 11 is 0. The van der Waals surface area contributed by atoms with Crippen LogP contribution in [-0.4, -0.2) is 100 Å². The van der Waals surface area contributed by atoms with E-state index in [1.54, 1.807) is 6.08 Å². The van der Waals surface area contributed by atoms with E-state index in [0.29, 0.717) is 19.4 Å². The van der Waals surface area contributed by atoms with Crippen molar-refractivity contribution in [2.45, 2.75) is 307 Å². The molecule has 70 heavy (non-hydrogen) atoms. The predicted octanol–water partition coefficient (Wildman–Crippen LogP) is 13.1. The molecule has 0 aromatic heterocycles. The van der Waals surface area contributed by atoms with Crippen molar-refractivity contribution in [2.24, 2.45) is 0 Å². The van der Waals surface area contributed by atoms with Crippen LogP contribution in [0.25, 0.3) is 0 Å². The SMILES string of the molecule is CCCCCC/C=C\C/C=C\CCCCCCCC(=O)OCCCCCCCCCCCCCCCCCCCC(=O)NC(COC1OC(CO)C(O)C(O)C1O)C(O)/C=C/CCCCCCCCC. The van der Waals surface area contributed by atoms with Crippen molar-refractivity contribution in [3.05, 3.63) is 36.5 Å². The number of hydrogen-bond donors (Lipinski definition) is 6. The van der Waals surface area contributed by atoms with Gasteiger partial charge in [-0.25, -0.2) is 0 Å². The zero-order valence-corrected chi connectivity index (χ0v) is 45.0. The Hall–Kier alpha value is -2.12. The first-order valence-corrected chi connectivity index (χ1v) is 29.3. The van der Waals surface area contributed by atoms with E-state index in [1.165, 1.54) is 161 Å². The van der Waals surface area contributed by atoms with E-state index in [-0.39, 0.29) is 18.5 Å². The third-order valence-electron chi connectivity index (χ3n) is 13.7. The summed E-state index contributed by atoms with van der Waals surface area (Å²) < 4.78 is 16.7. The molecule has 0 saturated carbocycles. The third-order valence-corrected chi connectivity index (χ3v) is 13.7. The Morgan fingerprint density at radius 1 is 0.529 bits per heavy atom. The zero-order valence-electron chi connectivity index (χ0n) is 45.0. The lowest BCUT2D eigenvalue weighted by Gasteiger charge is -2.40. The Morgan fingerprint density at radius 3 is 1.46 bits per heavy atom. The fraction of sp³-hybridized carbons (Fsp3) is 0.864. The van der Waals surface area contributed by atoms with E-state index < -0.39 is 49.5 Å². The summed E-state index contributed by atoms with van der Waals surface area (Å²) in [6.07, 6.45) is 49.5. The summed E-state index contributed by atoms with van der Waals surface area (Å²) in [5.74, 6) is -0.215. The van der Waals surface area contributed by atoms with Gasteiger partial charge >= 0.3 is 5.97 Å². The highest BCUT2D eigenvalue weighted by Crippen LogP contribution is 2.23. The maximum atomic E-state index is 13.0. The number of hydrogen-bond acceptors (Lipinski definition) is 10. The highest BCUT2D eigenvalue weighted by Gasteiger charge is 2.44. The maximum Gasteiger partial charge on any atom is 0.305 e. The van der Waals surface area contributed by atoms with Crippen molar-refractivity contribution in [1.29, 1.82) is 0 Å². The van der Waals surface area contributed by atoms with Crippen LogP contribution in [0, 0.1) is 0 Å². The Labute approximate surface area is 428 Å². The number of nitrogens with one attached hydrogen (secondary N) is 1. The number of unbranched alkanes of at least 4 members (excludes halogenated alkanes) is 32. The van der Waals surface area contributed by atoms with Gasteiger partial charge in [-0.15, -0.1) is 0 Å². The van der Waals surface area contributed by atoms with Gasteiger partial charge in [-0.3, -0.25) is 9.59 Å². The number of aliphatic hydroxyl groups is 5. The monoisotopic (exact) mass is 992 g/mol. The summed E-state index contributed by atoms with van der Waals surface area (Å²) in [6, 6.07) is -0.813. The average molecular weight is 993 g/mol. The van der Waals surface area contributed by atoms with Crippen molar-refractivity contribution >= 4 is 11.9 Å². The van der Waals surface area contributed by atoms with E-state index in [1.807, 2.05) is 6.08 Å². The fourth-order valence-corrected chi connectivity index (χ4v) is 9.05. The average Bonchev–Trinajstić information content (AvgIpc) is 3.36. The van der Waals surface area contributed by atoms with Crippen LogP contribution in [0.1, 0.15) is 264 Å². The van der Waals surface area contributed by atoms with E-state index in [0.717, 1.165) is 77.0 Å². The first-order chi connectivity index (χ1) is 34.2. The molecule has 11 heteroatoms. The molecule has 410 valence electrons. The number of carbonyl (C=O) groups is 2. The molecule has 0 aliphatic carbocycles. The van der Waals surface area contributed by atoms with Crippen LogP contribution < -0.4 is 5.32 Å². The molecule has 1 amide bonds.